The maximum absolute atomic E-state index is 6.12. The van der Waals surface area contributed by atoms with Crippen molar-refractivity contribution in [3.8, 4) is 0 Å². The number of hydrogen-bond donors (Lipinski definition) is 1. The number of hydrogen-bond acceptors (Lipinski definition) is 4. The standard InChI is InChI=1S/C13H22N4/c1-3-11-8-17(7-5-13(11)14)9-12-4-6-15-10(2)16-12/h4,6,11,13H,3,5,7-9,14H2,1-2H3. The maximum atomic E-state index is 6.12. The summed E-state index contributed by atoms with van der Waals surface area (Å²) in [7, 11) is 0. The van der Waals surface area contributed by atoms with E-state index in [4.69, 9.17) is 5.73 Å². The Morgan fingerprint density at radius 1 is 1.53 bits per heavy atom. The Morgan fingerprint density at radius 2 is 2.35 bits per heavy atom. The number of rotatable bonds is 3. The zero-order chi connectivity index (χ0) is 12.3. The van der Waals surface area contributed by atoms with Crippen molar-refractivity contribution >= 4 is 0 Å². The van der Waals surface area contributed by atoms with Crippen LogP contribution >= 0.6 is 0 Å². The second-order valence-corrected chi connectivity index (χ2v) is 4.95. The molecule has 1 aliphatic heterocycles. The molecule has 0 radical (unpaired) electrons. The smallest absolute Gasteiger partial charge is 0.125 e. The molecule has 1 aliphatic rings. The predicted molar refractivity (Wildman–Crippen MR) is 68.4 cm³/mol. The first-order valence-electron chi connectivity index (χ1n) is 6.45. The van der Waals surface area contributed by atoms with Gasteiger partial charge >= 0.3 is 0 Å². The van der Waals surface area contributed by atoms with E-state index in [2.05, 4.69) is 21.8 Å². The van der Waals surface area contributed by atoms with Gasteiger partial charge in [0.2, 0.25) is 0 Å². The molecule has 94 valence electrons. The zero-order valence-electron chi connectivity index (χ0n) is 10.8. The molecule has 4 heteroatoms. The predicted octanol–water partition coefficient (Wildman–Crippen LogP) is 1.34. The molecule has 1 saturated heterocycles. The quantitative estimate of drug-likeness (QED) is 0.857. The van der Waals surface area contributed by atoms with Crippen LogP contribution in [0, 0.1) is 12.8 Å². The summed E-state index contributed by atoms with van der Waals surface area (Å²) >= 11 is 0. The van der Waals surface area contributed by atoms with Gasteiger partial charge in [0.25, 0.3) is 0 Å². The molecular formula is C13H22N4. The lowest BCUT2D eigenvalue weighted by molar-refractivity contribution is 0.144. The lowest BCUT2D eigenvalue weighted by Crippen LogP contribution is -2.46. The van der Waals surface area contributed by atoms with Crippen molar-refractivity contribution in [3.63, 3.8) is 0 Å². The third-order valence-electron chi connectivity index (χ3n) is 3.62. The molecule has 4 nitrogen and oxygen atoms in total. The average molecular weight is 234 g/mol. The van der Waals surface area contributed by atoms with E-state index in [1.807, 2.05) is 19.2 Å². The topological polar surface area (TPSA) is 55.0 Å². The van der Waals surface area contributed by atoms with Gasteiger partial charge < -0.3 is 5.73 Å². The molecular weight excluding hydrogens is 212 g/mol. The minimum Gasteiger partial charge on any atom is -0.327 e. The second-order valence-electron chi connectivity index (χ2n) is 4.95. The van der Waals surface area contributed by atoms with Crippen LogP contribution in [0.25, 0.3) is 0 Å². The summed E-state index contributed by atoms with van der Waals surface area (Å²) in [4.78, 5) is 11.0. The van der Waals surface area contributed by atoms with Crippen LogP contribution in [0.2, 0.25) is 0 Å². The Kier molecular flexibility index (Phi) is 4.07. The van der Waals surface area contributed by atoms with Crippen LogP contribution in [-0.2, 0) is 6.54 Å². The van der Waals surface area contributed by atoms with Crippen LogP contribution in [0.5, 0.6) is 0 Å². The van der Waals surface area contributed by atoms with Gasteiger partial charge in [0.05, 0.1) is 5.69 Å². The van der Waals surface area contributed by atoms with Gasteiger partial charge in [0.15, 0.2) is 0 Å². The van der Waals surface area contributed by atoms with Gasteiger partial charge in [-0.15, -0.1) is 0 Å². The van der Waals surface area contributed by atoms with Crippen LogP contribution in [0.4, 0.5) is 0 Å². The molecule has 1 fully saturated rings. The van der Waals surface area contributed by atoms with Gasteiger partial charge in [-0.05, 0) is 25.3 Å². The molecule has 2 unspecified atom stereocenters. The van der Waals surface area contributed by atoms with E-state index in [-0.39, 0.29) is 0 Å². The molecule has 2 rings (SSSR count). The molecule has 0 bridgehead atoms. The summed E-state index contributed by atoms with van der Waals surface area (Å²) in [5.41, 5.74) is 7.23. The second kappa shape index (κ2) is 5.56. The highest BCUT2D eigenvalue weighted by atomic mass is 15.1. The monoisotopic (exact) mass is 234 g/mol. The Hall–Kier alpha value is -1.00. The number of nitrogens with two attached hydrogens (primary N) is 1. The van der Waals surface area contributed by atoms with Crippen LogP contribution in [-0.4, -0.2) is 34.0 Å². The van der Waals surface area contributed by atoms with Crippen LogP contribution in [0.15, 0.2) is 12.3 Å². The summed E-state index contributed by atoms with van der Waals surface area (Å²) in [5, 5.41) is 0. The largest absolute Gasteiger partial charge is 0.327 e. The summed E-state index contributed by atoms with van der Waals surface area (Å²) in [6.07, 6.45) is 4.10. The lowest BCUT2D eigenvalue weighted by atomic mass is 9.90. The highest BCUT2D eigenvalue weighted by Gasteiger charge is 2.25. The number of aryl methyl sites for hydroxylation is 1. The van der Waals surface area contributed by atoms with E-state index in [0.29, 0.717) is 12.0 Å². The van der Waals surface area contributed by atoms with Gasteiger partial charge in [-0.3, -0.25) is 4.90 Å². The number of nitrogens with zero attached hydrogens (tertiary/aromatic N) is 3. The van der Waals surface area contributed by atoms with Crippen LogP contribution in [0.1, 0.15) is 31.3 Å². The number of aromatic nitrogens is 2. The van der Waals surface area contributed by atoms with Gasteiger partial charge in [-0.2, -0.15) is 0 Å². The van der Waals surface area contributed by atoms with Gasteiger partial charge in [0.1, 0.15) is 5.82 Å². The van der Waals surface area contributed by atoms with E-state index in [9.17, 15) is 0 Å². The molecule has 2 atom stereocenters. The normalized spacial score (nSPS) is 26.1. The van der Waals surface area contributed by atoms with Gasteiger partial charge in [0, 0.05) is 31.9 Å². The summed E-state index contributed by atoms with van der Waals surface area (Å²) in [6.45, 7) is 7.27. The third kappa shape index (κ3) is 3.23. The van der Waals surface area contributed by atoms with Crippen LogP contribution in [0.3, 0.4) is 0 Å². The van der Waals surface area contributed by atoms with Gasteiger partial charge in [-0.25, -0.2) is 9.97 Å². The third-order valence-corrected chi connectivity index (χ3v) is 3.62. The van der Waals surface area contributed by atoms with Crippen molar-refractivity contribution in [3.05, 3.63) is 23.8 Å². The number of piperidine rings is 1. The lowest BCUT2D eigenvalue weighted by Gasteiger charge is -2.36. The summed E-state index contributed by atoms with van der Waals surface area (Å²) in [5.74, 6) is 1.48. The van der Waals surface area contributed by atoms with E-state index >= 15 is 0 Å². The molecule has 1 aromatic heterocycles. The van der Waals surface area contributed by atoms with Crippen molar-refractivity contribution in [1.29, 1.82) is 0 Å². The Balaban J connectivity index is 1.95. The fourth-order valence-electron chi connectivity index (χ4n) is 2.52. The average Bonchev–Trinajstić information content (AvgIpc) is 2.32. The molecule has 17 heavy (non-hydrogen) atoms. The fraction of sp³-hybridized carbons (Fsp3) is 0.692. The minimum absolute atomic E-state index is 0.378. The SMILES string of the molecule is CCC1CN(Cc2ccnc(C)n2)CCC1N. The molecule has 0 amide bonds. The highest BCUT2D eigenvalue weighted by Crippen LogP contribution is 2.19. The fourth-order valence-corrected chi connectivity index (χ4v) is 2.52. The number of likely N-dealkylation sites (tertiary alicyclic amines) is 1. The van der Waals surface area contributed by atoms with Crippen molar-refractivity contribution in [1.82, 2.24) is 14.9 Å². The van der Waals surface area contributed by atoms with E-state index < -0.39 is 0 Å². The van der Waals surface area contributed by atoms with Crippen molar-refractivity contribution in [2.75, 3.05) is 13.1 Å². The Morgan fingerprint density at radius 3 is 3.06 bits per heavy atom. The first kappa shape index (κ1) is 12.5. The molecule has 0 aliphatic carbocycles. The molecule has 0 saturated carbocycles. The van der Waals surface area contributed by atoms with E-state index in [0.717, 1.165) is 37.6 Å². The van der Waals surface area contributed by atoms with Gasteiger partial charge in [-0.1, -0.05) is 13.3 Å². The van der Waals surface area contributed by atoms with Crippen molar-refractivity contribution < 1.29 is 0 Å². The van der Waals surface area contributed by atoms with Crippen molar-refractivity contribution in [2.45, 2.75) is 39.3 Å². The first-order chi connectivity index (χ1) is 8.19. The van der Waals surface area contributed by atoms with E-state index in [1.54, 1.807) is 0 Å². The summed E-state index contributed by atoms with van der Waals surface area (Å²) < 4.78 is 0. The molecule has 2 heterocycles. The van der Waals surface area contributed by atoms with E-state index in [1.165, 1.54) is 6.42 Å². The molecule has 2 N–H and O–H groups in total. The summed E-state index contributed by atoms with van der Waals surface area (Å²) in [6, 6.07) is 2.38. The highest BCUT2D eigenvalue weighted by molar-refractivity contribution is 5.02. The molecule has 0 aromatic carbocycles. The van der Waals surface area contributed by atoms with Crippen molar-refractivity contribution in [2.24, 2.45) is 11.7 Å². The molecule has 0 spiro atoms. The zero-order valence-corrected chi connectivity index (χ0v) is 10.8. The Labute approximate surface area is 103 Å². The van der Waals surface area contributed by atoms with Crippen LogP contribution < -0.4 is 5.73 Å². The maximum Gasteiger partial charge on any atom is 0.125 e. The minimum atomic E-state index is 0.378. The Bertz CT molecular complexity index is 366. The first-order valence-corrected chi connectivity index (χ1v) is 6.45. The molecule has 1 aromatic rings.